The maximum Gasteiger partial charge on any atom is 0.228 e. The summed E-state index contributed by atoms with van der Waals surface area (Å²) in [5.41, 5.74) is 2.51. The summed E-state index contributed by atoms with van der Waals surface area (Å²) in [7, 11) is 0. The molecule has 2 aromatic heterocycles. The van der Waals surface area contributed by atoms with Crippen LogP contribution in [0.4, 0.5) is 11.5 Å². The highest BCUT2D eigenvalue weighted by Crippen LogP contribution is 2.46. The van der Waals surface area contributed by atoms with Crippen molar-refractivity contribution in [1.82, 2.24) is 14.9 Å². The van der Waals surface area contributed by atoms with E-state index in [1.807, 2.05) is 35.5 Å². The molecule has 1 saturated heterocycles. The number of nitrogens with one attached hydrogen (secondary N) is 1. The van der Waals surface area contributed by atoms with Crippen LogP contribution in [-0.4, -0.2) is 59.5 Å². The fourth-order valence-corrected chi connectivity index (χ4v) is 7.06. The molecule has 2 atom stereocenters. The molecule has 4 aliphatic rings. The Kier molecular flexibility index (Phi) is 6.70. The summed E-state index contributed by atoms with van der Waals surface area (Å²) in [6, 6.07) is 14.9. The van der Waals surface area contributed by atoms with E-state index in [2.05, 4.69) is 51.0 Å². The number of aromatic amines is 1. The van der Waals surface area contributed by atoms with E-state index in [9.17, 15) is 4.79 Å². The second-order valence-corrected chi connectivity index (χ2v) is 11.3. The first-order valence-electron chi connectivity index (χ1n) is 13.9. The number of benzene rings is 1. The van der Waals surface area contributed by atoms with Gasteiger partial charge in [-0.25, -0.2) is 4.98 Å². The zero-order chi connectivity index (χ0) is 24.5. The maximum atomic E-state index is 13.7. The first-order valence-corrected chi connectivity index (χ1v) is 13.9. The average Bonchev–Trinajstić information content (AvgIpc) is 3.42. The number of piperazine rings is 1. The number of hydrogen-bond acceptors (Lipinski definition) is 4. The fraction of sp³-hybridized carbons (Fsp3) is 0.533. The molecule has 7 rings (SSSR count). The van der Waals surface area contributed by atoms with Crippen molar-refractivity contribution in [3.8, 4) is 0 Å². The van der Waals surface area contributed by atoms with Crippen molar-refractivity contribution in [2.45, 2.75) is 51.5 Å². The van der Waals surface area contributed by atoms with E-state index >= 15 is 0 Å². The van der Waals surface area contributed by atoms with Gasteiger partial charge in [0.2, 0.25) is 5.91 Å². The topological polar surface area (TPSA) is 55.5 Å². The van der Waals surface area contributed by atoms with Gasteiger partial charge in [0.15, 0.2) is 0 Å². The number of hydrogen-bond donors (Lipinski definition) is 1. The lowest BCUT2D eigenvalue weighted by Gasteiger charge is -2.43. The third-order valence-corrected chi connectivity index (χ3v) is 9.15. The van der Waals surface area contributed by atoms with Crippen molar-refractivity contribution in [2.75, 3.05) is 42.5 Å². The molecule has 6 heteroatoms. The van der Waals surface area contributed by atoms with Crippen LogP contribution in [0.15, 0.2) is 54.9 Å². The van der Waals surface area contributed by atoms with Crippen molar-refractivity contribution >= 4 is 28.3 Å². The van der Waals surface area contributed by atoms with Crippen molar-refractivity contribution in [3.63, 3.8) is 0 Å². The highest BCUT2D eigenvalue weighted by molar-refractivity contribution is 5.93. The Hall–Kier alpha value is -2.86. The van der Waals surface area contributed by atoms with Crippen LogP contribution in [0.25, 0.3) is 10.9 Å². The van der Waals surface area contributed by atoms with Crippen LogP contribution in [0.1, 0.15) is 45.4 Å². The Morgan fingerprint density at radius 3 is 2.61 bits per heavy atom. The van der Waals surface area contributed by atoms with Crippen LogP contribution in [0.3, 0.4) is 0 Å². The minimum Gasteiger partial charge on any atom is -0.368 e. The van der Waals surface area contributed by atoms with E-state index in [4.69, 9.17) is 0 Å². The zero-order valence-electron chi connectivity index (χ0n) is 21.5. The SMILES string of the molecule is C[C@H](CN(C(=O)C[C@H]1CC2CCC1CC2)c1ccccn1)N1CCN(c2cccc3[nH]ccc23)CC1. The Morgan fingerprint density at radius 2 is 1.89 bits per heavy atom. The number of nitrogens with zero attached hydrogens (tertiary/aromatic N) is 4. The molecule has 3 saturated carbocycles. The van der Waals surface area contributed by atoms with Crippen molar-refractivity contribution < 1.29 is 4.79 Å². The van der Waals surface area contributed by atoms with E-state index in [-0.39, 0.29) is 11.9 Å². The lowest BCUT2D eigenvalue weighted by atomic mass is 9.64. The summed E-state index contributed by atoms with van der Waals surface area (Å²) in [6.07, 6.45) is 11.2. The second kappa shape index (κ2) is 10.3. The van der Waals surface area contributed by atoms with Gasteiger partial charge in [0.25, 0.3) is 0 Å². The van der Waals surface area contributed by atoms with Gasteiger partial charge in [0.05, 0.1) is 0 Å². The molecule has 3 aromatic rings. The third kappa shape index (κ3) is 4.75. The molecule has 3 aliphatic carbocycles. The molecule has 0 radical (unpaired) electrons. The zero-order valence-corrected chi connectivity index (χ0v) is 21.5. The smallest absolute Gasteiger partial charge is 0.228 e. The Labute approximate surface area is 214 Å². The summed E-state index contributed by atoms with van der Waals surface area (Å²) in [5, 5.41) is 1.29. The van der Waals surface area contributed by atoms with Crippen LogP contribution in [-0.2, 0) is 4.79 Å². The van der Waals surface area contributed by atoms with Crippen LogP contribution < -0.4 is 9.80 Å². The van der Waals surface area contributed by atoms with Gasteiger partial charge in [-0.3, -0.25) is 14.6 Å². The number of H-pyrrole nitrogens is 1. The number of aromatic nitrogens is 2. The van der Waals surface area contributed by atoms with Gasteiger partial charge in [-0.15, -0.1) is 0 Å². The molecular weight excluding hydrogens is 446 g/mol. The molecule has 1 N–H and O–H groups in total. The van der Waals surface area contributed by atoms with Crippen LogP contribution in [0.2, 0.25) is 0 Å². The average molecular weight is 486 g/mol. The molecule has 2 bridgehead atoms. The van der Waals surface area contributed by atoms with Gasteiger partial charge in [-0.05, 0) is 74.3 Å². The molecule has 190 valence electrons. The van der Waals surface area contributed by atoms with Crippen LogP contribution in [0, 0.1) is 17.8 Å². The first-order chi connectivity index (χ1) is 17.7. The van der Waals surface area contributed by atoms with Gasteiger partial charge in [-0.2, -0.15) is 0 Å². The lowest BCUT2D eigenvalue weighted by Crippen LogP contribution is -2.53. The van der Waals surface area contributed by atoms with E-state index in [0.717, 1.165) is 43.8 Å². The predicted octanol–water partition coefficient (Wildman–Crippen LogP) is 5.32. The number of anilines is 2. The van der Waals surface area contributed by atoms with E-state index in [1.165, 1.54) is 48.7 Å². The summed E-state index contributed by atoms with van der Waals surface area (Å²) < 4.78 is 0. The highest BCUT2D eigenvalue weighted by atomic mass is 16.2. The standard InChI is InChI=1S/C30H39N5O/c1-22(33-15-17-34(18-16-33)28-6-4-5-27-26(28)12-14-31-27)21-35(29-7-2-3-13-32-29)30(36)20-25-19-23-8-10-24(25)11-9-23/h2-7,12-14,22-25,31H,8-11,15-21H2,1H3/t22-,23?,24?,25-/m1/s1. The highest BCUT2D eigenvalue weighted by Gasteiger charge is 2.37. The van der Waals surface area contributed by atoms with Gasteiger partial charge in [0, 0.05) is 74.2 Å². The lowest BCUT2D eigenvalue weighted by molar-refractivity contribution is -0.121. The molecule has 4 fully saturated rings. The normalized spacial score (nSPS) is 25.2. The number of carbonyl (C=O) groups is 1. The largest absolute Gasteiger partial charge is 0.368 e. The predicted molar refractivity (Wildman–Crippen MR) is 146 cm³/mol. The van der Waals surface area contributed by atoms with E-state index in [1.54, 1.807) is 0 Å². The minimum absolute atomic E-state index is 0.260. The maximum absolute atomic E-state index is 13.7. The van der Waals surface area contributed by atoms with Crippen LogP contribution >= 0.6 is 0 Å². The Balaban J connectivity index is 1.11. The minimum atomic E-state index is 0.260. The number of pyridine rings is 1. The van der Waals surface area contributed by atoms with Crippen molar-refractivity contribution in [2.24, 2.45) is 17.8 Å². The number of fused-ring (bicyclic) bond motifs is 4. The number of amides is 1. The molecule has 1 aromatic carbocycles. The molecule has 36 heavy (non-hydrogen) atoms. The fourth-order valence-electron chi connectivity index (χ4n) is 7.06. The molecule has 6 nitrogen and oxygen atoms in total. The summed E-state index contributed by atoms with van der Waals surface area (Å²) in [6.45, 7) is 6.96. The second-order valence-electron chi connectivity index (χ2n) is 11.3. The van der Waals surface area contributed by atoms with Gasteiger partial charge in [0.1, 0.15) is 5.82 Å². The molecule has 1 aliphatic heterocycles. The summed E-state index contributed by atoms with van der Waals surface area (Å²) in [4.78, 5) is 28.6. The van der Waals surface area contributed by atoms with E-state index < -0.39 is 0 Å². The summed E-state index contributed by atoms with van der Waals surface area (Å²) in [5.74, 6) is 3.22. The third-order valence-electron chi connectivity index (χ3n) is 9.15. The molecule has 0 unspecified atom stereocenters. The quantitative estimate of drug-likeness (QED) is 0.492. The monoisotopic (exact) mass is 485 g/mol. The van der Waals surface area contributed by atoms with Gasteiger partial charge >= 0.3 is 0 Å². The molecular formula is C30H39N5O. The van der Waals surface area contributed by atoms with Crippen molar-refractivity contribution in [1.29, 1.82) is 0 Å². The molecule has 3 heterocycles. The number of rotatable bonds is 7. The Bertz CT molecular complexity index is 1160. The molecule has 0 spiro atoms. The summed E-state index contributed by atoms with van der Waals surface area (Å²) >= 11 is 0. The van der Waals surface area contributed by atoms with Gasteiger partial charge in [-0.1, -0.05) is 25.0 Å². The first kappa shape index (κ1) is 23.5. The van der Waals surface area contributed by atoms with Gasteiger partial charge < -0.3 is 9.88 Å². The van der Waals surface area contributed by atoms with E-state index in [0.29, 0.717) is 18.9 Å². The molecule has 1 amide bonds. The van der Waals surface area contributed by atoms with Crippen LogP contribution in [0.5, 0.6) is 0 Å². The Morgan fingerprint density at radius 1 is 1.06 bits per heavy atom. The van der Waals surface area contributed by atoms with Crippen molar-refractivity contribution in [3.05, 3.63) is 54.9 Å². The number of carbonyl (C=O) groups excluding carboxylic acids is 1.